The molecule has 30 heavy (non-hydrogen) atoms. The van der Waals surface area contributed by atoms with Gasteiger partial charge in [0.2, 0.25) is 0 Å². The Bertz CT molecular complexity index is 1160. The lowest BCUT2D eigenvalue weighted by molar-refractivity contribution is -0.115. The Labute approximate surface area is 176 Å². The van der Waals surface area contributed by atoms with Crippen LogP contribution >= 0.6 is 11.8 Å². The molecule has 5 rings (SSSR count). The van der Waals surface area contributed by atoms with Gasteiger partial charge in [0.1, 0.15) is 5.52 Å². The zero-order chi connectivity index (χ0) is 20.7. The summed E-state index contributed by atoms with van der Waals surface area (Å²) < 4.78 is 1.68. The minimum absolute atomic E-state index is 0.322. The van der Waals surface area contributed by atoms with Crippen LogP contribution in [-0.4, -0.2) is 69.3 Å². The van der Waals surface area contributed by atoms with E-state index in [1.807, 2.05) is 12.1 Å². The van der Waals surface area contributed by atoms with Crippen molar-refractivity contribution in [3.63, 3.8) is 0 Å². The fourth-order valence-electron chi connectivity index (χ4n) is 3.50. The van der Waals surface area contributed by atoms with Crippen molar-refractivity contribution in [3.8, 4) is 5.69 Å². The van der Waals surface area contributed by atoms with E-state index >= 15 is 0 Å². The second-order valence-electron chi connectivity index (χ2n) is 7.24. The second kappa shape index (κ2) is 7.54. The summed E-state index contributed by atoms with van der Waals surface area (Å²) in [5.74, 6) is -0.405. The van der Waals surface area contributed by atoms with E-state index in [1.54, 1.807) is 22.9 Å². The van der Waals surface area contributed by atoms with Crippen LogP contribution in [0.15, 0.2) is 41.3 Å². The topological polar surface area (TPSA) is 96.2 Å². The Hall–Kier alpha value is -3.24. The molecule has 0 unspecified atom stereocenters. The summed E-state index contributed by atoms with van der Waals surface area (Å²) in [6.45, 7) is 4.13. The first kappa shape index (κ1) is 18.8. The van der Waals surface area contributed by atoms with Gasteiger partial charge in [-0.15, -0.1) is 5.10 Å². The summed E-state index contributed by atoms with van der Waals surface area (Å²) in [6, 6.07) is 11.7. The van der Waals surface area contributed by atoms with Crippen molar-refractivity contribution in [1.82, 2.24) is 30.2 Å². The zero-order valence-corrected chi connectivity index (χ0v) is 17.1. The molecule has 10 heteroatoms. The number of rotatable bonds is 3. The normalized spacial score (nSPS) is 19.1. The smallest absolute Gasteiger partial charge is 0.290 e. The number of piperazine rings is 1. The molecule has 1 N–H and O–H groups in total. The second-order valence-corrected chi connectivity index (χ2v) is 8.25. The van der Waals surface area contributed by atoms with Crippen molar-refractivity contribution >= 4 is 45.8 Å². The van der Waals surface area contributed by atoms with Gasteiger partial charge in [-0.05, 0) is 61.3 Å². The van der Waals surface area contributed by atoms with Gasteiger partial charge in [0.05, 0.1) is 16.3 Å². The van der Waals surface area contributed by atoms with Crippen LogP contribution in [0.4, 0.5) is 10.5 Å². The molecule has 0 aliphatic carbocycles. The number of hydrogen-bond donors (Lipinski definition) is 1. The summed E-state index contributed by atoms with van der Waals surface area (Å²) >= 11 is 0.868. The van der Waals surface area contributed by atoms with Crippen LogP contribution in [0.5, 0.6) is 0 Å². The fraction of sp³-hybridized carbons (Fsp3) is 0.250. The van der Waals surface area contributed by atoms with Gasteiger partial charge in [0.15, 0.2) is 5.65 Å². The molecule has 2 saturated heterocycles. The average molecular weight is 421 g/mol. The SMILES string of the molecule is CN1CCN(c2ccc(-n3nnc4ccc(C=C5SC(=O)NC5=O)nc43)cc2)CC1. The summed E-state index contributed by atoms with van der Waals surface area (Å²) in [5, 5.41) is 10.3. The predicted octanol–water partition coefficient (Wildman–Crippen LogP) is 1.89. The molecule has 0 bridgehead atoms. The van der Waals surface area contributed by atoms with Gasteiger partial charge in [0.25, 0.3) is 11.1 Å². The van der Waals surface area contributed by atoms with E-state index in [9.17, 15) is 9.59 Å². The van der Waals surface area contributed by atoms with Crippen molar-refractivity contribution in [2.24, 2.45) is 0 Å². The zero-order valence-electron chi connectivity index (χ0n) is 16.3. The number of carbonyl (C=O) groups is 2. The minimum atomic E-state index is -0.405. The summed E-state index contributed by atoms with van der Waals surface area (Å²) in [6.07, 6.45) is 1.60. The third-order valence-electron chi connectivity index (χ3n) is 5.20. The third kappa shape index (κ3) is 3.55. The van der Waals surface area contributed by atoms with Crippen LogP contribution in [0.2, 0.25) is 0 Å². The molecule has 152 valence electrons. The fourth-order valence-corrected chi connectivity index (χ4v) is 4.17. The molecule has 0 radical (unpaired) electrons. The maximum Gasteiger partial charge on any atom is 0.290 e. The lowest BCUT2D eigenvalue weighted by atomic mass is 10.2. The Morgan fingerprint density at radius 1 is 1.00 bits per heavy atom. The van der Waals surface area contributed by atoms with Crippen molar-refractivity contribution in [1.29, 1.82) is 0 Å². The van der Waals surface area contributed by atoms with Crippen molar-refractivity contribution in [2.75, 3.05) is 38.1 Å². The van der Waals surface area contributed by atoms with E-state index in [-0.39, 0.29) is 5.24 Å². The number of nitrogens with one attached hydrogen (secondary N) is 1. The van der Waals surface area contributed by atoms with E-state index in [0.717, 1.165) is 43.6 Å². The van der Waals surface area contributed by atoms with Crippen LogP contribution in [0.1, 0.15) is 5.69 Å². The van der Waals surface area contributed by atoms with Gasteiger partial charge in [-0.2, -0.15) is 4.68 Å². The lowest BCUT2D eigenvalue weighted by Gasteiger charge is -2.34. The number of carbonyl (C=O) groups excluding carboxylic acids is 2. The Morgan fingerprint density at radius 3 is 2.43 bits per heavy atom. The van der Waals surface area contributed by atoms with Crippen LogP contribution in [0, 0.1) is 0 Å². The van der Waals surface area contributed by atoms with E-state index < -0.39 is 5.91 Å². The number of thioether (sulfide) groups is 1. The summed E-state index contributed by atoms with van der Waals surface area (Å²) in [7, 11) is 2.14. The van der Waals surface area contributed by atoms with Crippen molar-refractivity contribution in [3.05, 3.63) is 47.0 Å². The van der Waals surface area contributed by atoms with Gasteiger partial charge >= 0.3 is 0 Å². The molecule has 9 nitrogen and oxygen atoms in total. The predicted molar refractivity (Wildman–Crippen MR) is 115 cm³/mol. The molecule has 1 aromatic carbocycles. The maximum atomic E-state index is 11.8. The maximum absolute atomic E-state index is 11.8. The molecule has 2 aliphatic heterocycles. The van der Waals surface area contributed by atoms with E-state index in [4.69, 9.17) is 0 Å². The highest BCUT2D eigenvalue weighted by Gasteiger charge is 2.25. The third-order valence-corrected chi connectivity index (χ3v) is 6.01. The molecule has 3 aromatic rings. The molecular formula is C20H19N7O2S. The standard InChI is InChI=1S/C20H19N7O2S/c1-25-8-10-26(11-9-25)14-3-5-15(6-4-14)27-18-16(23-24-27)7-2-13(21-18)12-17-19(28)22-20(29)30-17/h2-7,12H,8-11H2,1H3,(H,22,28,29). The van der Waals surface area contributed by atoms with Gasteiger partial charge in [-0.3, -0.25) is 14.9 Å². The number of fused-ring (bicyclic) bond motifs is 1. The summed E-state index contributed by atoms with van der Waals surface area (Å²) in [5.41, 5.74) is 3.85. The van der Waals surface area contributed by atoms with Crippen LogP contribution in [0.25, 0.3) is 22.9 Å². The molecule has 4 heterocycles. The average Bonchev–Trinajstić information content (AvgIpc) is 3.31. The first-order valence-corrected chi connectivity index (χ1v) is 10.4. The number of anilines is 1. The first-order valence-electron chi connectivity index (χ1n) is 9.58. The number of amides is 2. The van der Waals surface area contributed by atoms with Gasteiger partial charge in [-0.1, -0.05) is 5.21 Å². The minimum Gasteiger partial charge on any atom is -0.369 e. The highest BCUT2D eigenvalue weighted by molar-refractivity contribution is 8.18. The number of aromatic nitrogens is 4. The molecule has 2 fully saturated rings. The number of nitrogens with zero attached hydrogens (tertiary/aromatic N) is 6. The lowest BCUT2D eigenvalue weighted by Crippen LogP contribution is -2.44. The number of likely N-dealkylation sites (N-methyl/N-ethyl adjacent to an activating group) is 1. The Morgan fingerprint density at radius 2 is 1.73 bits per heavy atom. The summed E-state index contributed by atoms with van der Waals surface area (Å²) in [4.78, 5) is 32.8. The monoisotopic (exact) mass is 421 g/mol. The van der Waals surface area contributed by atoms with Crippen molar-refractivity contribution in [2.45, 2.75) is 0 Å². The molecular weight excluding hydrogens is 402 g/mol. The first-order chi connectivity index (χ1) is 14.6. The number of imide groups is 1. The molecule has 0 saturated carbocycles. The van der Waals surface area contributed by atoms with Gasteiger partial charge in [0, 0.05) is 31.9 Å². The molecule has 2 aliphatic rings. The quantitative estimate of drug-likeness (QED) is 0.641. The number of benzene rings is 1. The molecule has 2 amide bonds. The molecule has 0 atom stereocenters. The van der Waals surface area contributed by atoms with E-state index in [1.165, 1.54) is 5.69 Å². The highest BCUT2D eigenvalue weighted by Crippen LogP contribution is 2.26. The Balaban J connectivity index is 1.44. The van der Waals surface area contributed by atoms with Crippen LogP contribution in [0.3, 0.4) is 0 Å². The Kier molecular flexibility index (Phi) is 4.72. The van der Waals surface area contributed by atoms with E-state index in [2.05, 4.69) is 49.6 Å². The molecule has 0 spiro atoms. The van der Waals surface area contributed by atoms with Crippen LogP contribution in [-0.2, 0) is 4.79 Å². The highest BCUT2D eigenvalue weighted by atomic mass is 32.2. The van der Waals surface area contributed by atoms with E-state index in [0.29, 0.717) is 21.8 Å². The van der Waals surface area contributed by atoms with Crippen molar-refractivity contribution < 1.29 is 9.59 Å². The van der Waals surface area contributed by atoms with Gasteiger partial charge in [-0.25, -0.2) is 4.98 Å². The van der Waals surface area contributed by atoms with Crippen LogP contribution < -0.4 is 10.2 Å². The largest absolute Gasteiger partial charge is 0.369 e. The molecule has 2 aromatic heterocycles. The number of hydrogen-bond acceptors (Lipinski definition) is 8. The van der Waals surface area contributed by atoms with Gasteiger partial charge < -0.3 is 9.80 Å². The number of pyridine rings is 1.